The fraction of sp³-hybridized carbons (Fsp3) is 1.00. The number of hydrogen-bond donors (Lipinski definition) is 0. The third-order valence-corrected chi connectivity index (χ3v) is 2.53. The largest absolute Gasteiger partial charge is 0.371 e. The van der Waals surface area contributed by atoms with Gasteiger partial charge in [0.15, 0.2) is 0 Å². The quantitative estimate of drug-likeness (QED) is 0.444. The van der Waals surface area contributed by atoms with Crippen molar-refractivity contribution in [3.8, 4) is 0 Å². The summed E-state index contributed by atoms with van der Waals surface area (Å²) < 4.78 is 26.5. The fourth-order valence-electron chi connectivity index (χ4n) is 1.30. The average Bonchev–Trinajstić information content (AvgIpc) is 3.02. The van der Waals surface area contributed by atoms with E-state index in [9.17, 15) is 0 Å². The molecule has 5 nitrogen and oxygen atoms in total. The number of epoxide rings is 3. The smallest absolute Gasteiger partial charge is 0.311 e. The highest BCUT2D eigenvalue weighted by atomic mass is 17.0. The van der Waals surface area contributed by atoms with Crippen LogP contribution >= 0.6 is 0 Å². The SMILES string of the molecule is CC1OC1(OCC1CO1)OCC1CO1. The maximum absolute atomic E-state index is 5.53. The first-order valence-electron chi connectivity index (χ1n) is 4.97. The molecule has 0 radical (unpaired) electrons. The van der Waals surface area contributed by atoms with E-state index in [1.165, 1.54) is 0 Å². The summed E-state index contributed by atoms with van der Waals surface area (Å²) in [5, 5.41) is 0. The molecule has 0 N–H and O–H groups in total. The van der Waals surface area contributed by atoms with Gasteiger partial charge in [-0.2, -0.15) is 0 Å². The highest BCUT2D eigenvalue weighted by Gasteiger charge is 2.58. The third kappa shape index (κ3) is 1.92. The van der Waals surface area contributed by atoms with Gasteiger partial charge < -0.3 is 23.7 Å². The van der Waals surface area contributed by atoms with Gasteiger partial charge in [-0.3, -0.25) is 0 Å². The van der Waals surface area contributed by atoms with Crippen molar-refractivity contribution in [3.63, 3.8) is 0 Å². The van der Waals surface area contributed by atoms with Crippen molar-refractivity contribution in [3.05, 3.63) is 0 Å². The fourth-order valence-corrected chi connectivity index (χ4v) is 1.30. The zero-order valence-corrected chi connectivity index (χ0v) is 8.10. The second-order valence-corrected chi connectivity index (χ2v) is 3.90. The van der Waals surface area contributed by atoms with Crippen LogP contribution in [-0.4, -0.2) is 50.7 Å². The van der Waals surface area contributed by atoms with Crippen LogP contribution in [0.2, 0.25) is 0 Å². The molecule has 0 spiro atoms. The summed E-state index contributed by atoms with van der Waals surface area (Å²) >= 11 is 0. The molecule has 3 aliphatic heterocycles. The average molecular weight is 202 g/mol. The van der Waals surface area contributed by atoms with Gasteiger partial charge in [0.25, 0.3) is 0 Å². The minimum atomic E-state index is -0.808. The van der Waals surface area contributed by atoms with Gasteiger partial charge in [0, 0.05) is 0 Å². The van der Waals surface area contributed by atoms with E-state index in [0.29, 0.717) is 13.2 Å². The lowest BCUT2D eigenvalue weighted by Crippen LogP contribution is -2.27. The molecule has 3 aliphatic rings. The Morgan fingerprint density at radius 1 is 1.14 bits per heavy atom. The Morgan fingerprint density at radius 3 is 1.86 bits per heavy atom. The van der Waals surface area contributed by atoms with E-state index in [2.05, 4.69) is 0 Å². The summed E-state index contributed by atoms with van der Waals surface area (Å²) in [7, 11) is 0. The number of ether oxygens (including phenoxy) is 5. The van der Waals surface area contributed by atoms with Gasteiger partial charge in [-0.1, -0.05) is 0 Å². The van der Waals surface area contributed by atoms with Crippen molar-refractivity contribution in [1.29, 1.82) is 0 Å². The molecular formula is C9H14O5. The van der Waals surface area contributed by atoms with Crippen LogP contribution in [0.3, 0.4) is 0 Å². The summed E-state index contributed by atoms with van der Waals surface area (Å²) in [6, 6.07) is 0. The van der Waals surface area contributed by atoms with Gasteiger partial charge in [-0.15, -0.1) is 0 Å². The van der Waals surface area contributed by atoms with Crippen molar-refractivity contribution in [2.75, 3.05) is 26.4 Å². The normalized spacial score (nSPS) is 49.1. The zero-order chi connectivity index (χ0) is 9.60. The summed E-state index contributed by atoms with van der Waals surface area (Å²) in [6.07, 6.45) is 0.494. The third-order valence-electron chi connectivity index (χ3n) is 2.53. The highest BCUT2D eigenvalue weighted by Crippen LogP contribution is 2.39. The molecule has 0 bridgehead atoms. The van der Waals surface area contributed by atoms with Crippen LogP contribution in [-0.2, 0) is 23.7 Å². The molecule has 0 aromatic carbocycles. The first-order valence-corrected chi connectivity index (χ1v) is 4.97. The second kappa shape index (κ2) is 3.15. The Kier molecular flexibility index (Phi) is 2.04. The minimum absolute atomic E-state index is 0.0139. The van der Waals surface area contributed by atoms with Crippen LogP contribution in [0.1, 0.15) is 6.92 Å². The van der Waals surface area contributed by atoms with E-state index in [-0.39, 0.29) is 18.3 Å². The van der Waals surface area contributed by atoms with Gasteiger partial charge in [-0.05, 0) is 6.92 Å². The predicted octanol–water partition coefficient (Wildman–Crippen LogP) is -0.110. The van der Waals surface area contributed by atoms with Crippen LogP contribution in [0.5, 0.6) is 0 Å². The van der Waals surface area contributed by atoms with E-state index in [1.54, 1.807) is 0 Å². The number of hydrogen-bond acceptors (Lipinski definition) is 5. The Bertz CT molecular complexity index is 207. The van der Waals surface area contributed by atoms with Crippen molar-refractivity contribution < 1.29 is 23.7 Å². The monoisotopic (exact) mass is 202 g/mol. The molecule has 3 unspecified atom stereocenters. The van der Waals surface area contributed by atoms with Crippen LogP contribution in [0.25, 0.3) is 0 Å². The van der Waals surface area contributed by atoms with Gasteiger partial charge in [0.1, 0.15) is 18.3 Å². The lowest BCUT2D eigenvalue weighted by molar-refractivity contribution is -0.231. The van der Waals surface area contributed by atoms with Crippen LogP contribution in [0, 0.1) is 0 Å². The molecule has 3 saturated heterocycles. The molecule has 80 valence electrons. The molecule has 14 heavy (non-hydrogen) atoms. The molecule has 0 aliphatic carbocycles. The molecule has 3 rings (SSSR count). The van der Waals surface area contributed by atoms with Gasteiger partial charge in [0.2, 0.25) is 0 Å². The second-order valence-electron chi connectivity index (χ2n) is 3.90. The Balaban J connectivity index is 1.44. The summed E-state index contributed by atoms with van der Waals surface area (Å²) in [5.41, 5.74) is 0. The molecule has 5 heteroatoms. The van der Waals surface area contributed by atoms with Gasteiger partial charge in [0.05, 0.1) is 26.4 Å². The zero-order valence-electron chi connectivity index (χ0n) is 8.10. The molecule has 0 aromatic heterocycles. The first kappa shape index (κ1) is 9.06. The van der Waals surface area contributed by atoms with Crippen LogP contribution < -0.4 is 0 Å². The van der Waals surface area contributed by atoms with E-state index in [1.807, 2.05) is 6.92 Å². The first-order chi connectivity index (χ1) is 6.78. The van der Waals surface area contributed by atoms with Crippen molar-refractivity contribution in [2.24, 2.45) is 0 Å². The molecule has 0 saturated carbocycles. The van der Waals surface area contributed by atoms with Gasteiger partial charge in [-0.25, -0.2) is 0 Å². The Labute approximate surface area is 82.2 Å². The van der Waals surface area contributed by atoms with Crippen LogP contribution in [0.15, 0.2) is 0 Å². The topological polar surface area (TPSA) is 56.0 Å². The van der Waals surface area contributed by atoms with Crippen molar-refractivity contribution in [1.82, 2.24) is 0 Å². The Morgan fingerprint density at radius 2 is 1.57 bits per heavy atom. The van der Waals surface area contributed by atoms with E-state index in [0.717, 1.165) is 13.2 Å². The predicted molar refractivity (Wildman–Crippen MR) is 44.7 cm³/mol. The summed E-state index contributed by atoms with van der Waals surface area (Å²) in [6.45, 7) is 4.61. The Hall–Kier alpha value is -0.200. The van der Waals surface area contributed by atoms with E-state index >= 15 is 0 Å². The lowest BCUT2D eigenvalue weighted by atomic mass is 10.4. The maximum atomic E-state index is 5.53. The van der Waals surface area contributed by atoms with E-state index in [4.69, 9.17) is 23.7 Å². The lowest BCUT2D eigenvalue weighted by Gasteiger charge is -2.12. The summed E-state index contributed by atoms with van der Waals surface area (Å²) in [5.74, 6) is -0.808. The van der Waals surface area contributed by atoms with Crippen LogP contribution in [0.4, 0.5) is 0 Å². The van der Waals surface area contributed by atoms with Gasteiger partial charge >= 0.3 is 5.97 Å². The standard InChI is InChI=1S/C9H14O5/c1-6-9(14-6,12-4-7-2-10-7)13-5-8-3-11-8/h6-8H,2-5H2,1H3. The molecule has 0 amide bonds. The summed E-state index contributed by atoms with van der Waals surface area (Å²) in [4.78, 5) is 0. The highest BCUT2D eigenvalue weighted by molar-refractivity contribution is 4.85. The van der Waals surface area contributed by atoms with Crippen molar-refractivity contribution >= 4 is 0 Å². The molecule has 0 aromatic rings. The molecule has 3 heterocycles. The van der Waals surface area contributed by atoms with E-state index < -0.39 is 5.97 Å². The van der Waals surface area contributed by atoms with Crippen molar-refractivity contribution in [2.45, 2.75) is 31.2 Å². The maximum Gasteiger partial charge on any atom is 0.311 e. The molecular weight excluding hydrogens is 188 g/mol. The molecule has 3 atom stereocenters. The molecule has 3 fully saturated rings. The number of rotatable bonds is 6. The minimum Gasteiger partial charge on any atom is -0.371 e.